The van der Waals surface area contributed by atoms with Crippen molar-refractivity contribution in [1.82, 2.24) is 15.2 Å². The van der Waals surface area contributed by atoms with Gasteiger partial charge in [0.2, 0.25) is 5.91 Å². The Hall–Kier alpha value is -3.45. The van der Waals surface area contributed by atoms with Crippen molar-refractivity contribution in [3.63, 3.8) is 0 Å². The summed E-state index contributed by atoms with van der Waals surface area (Å²) in [7, 11) is 1.58. The lowest BCUT2D eigenvalue weighted by atomic mass is 10.1. The smallest absolute Gasteiger partial charge is 0.254 e. The summed E-state index contributed by atoms with van der Waals surface area (Å²) in [6.45, 7) is 1.13. The number of carbonyl (C=O) groups excluding carboxylic acids is 2. The summed E-state index contributed by atoms with van der Waals surface area (Å²) >= 11 is 0. The van der Waals surface area contributed by atoms with Crippen molar-refractivity contribution in [3.8, 4) is 5.75 Å². The number of nitrogens with one attached hydrogen (secondary N) is 1. The van der Waals surface area contributed by atoms with Gasteiger partial charge < -0.3 is 19.7 Å². The molecule has 0 radical (unpaired) electrons. The van der Waals surface area contributed by atoms with Crippen LogP contribution in [-0.4, -0.2) is 60.7 Å². The molecule has 1 aliphatic rings. The third-order valence-corrected chi connectivity index (χ3v) is 5.33. The van der Waals surface area contributed by atoms with E-state index < -0.39 is 6.04 Å². The number of carbonyl (C=O) groups is 2. The van der Waals surface area contributed by atoms with E-state index in [-0.39, 0.29) is 17.9 Å². The first-order valence-corrected chi connectivity index (χ1v) is 10.3. The Morgan fingerprint density at radius 1 is 1.13 bits per heavy atom. The van der Waals surface area contributed by atoms with Gasteiger partial charge >= 0.3 is 0 Å². The van der Waals surface area contributed by atoms with Gasteiger partial charge in [-0.05, 0) is 36.4 Å². The number of ether oxygens (including phenoxy) is 2. The average molecular weight is 419 g/mol. The van der Waals surface area contributed by atoms with Gasteiger partial charge in [-0.25, -0.2) is 0 Å². The number of aromatic nitrogens is 1. The molecule has 0 spiro atoms. The topological polar surface area (TPSA) is 80.8 Å². The molecule has 1 fully saturated rings. The Morgan fingerprint density at radius 2 is 1.97 bits per heavy atom. The predicted molar refractivity (Wildman–Crippen MR) is 117 cm³/mol. The lowest BCUT2D eigenvalue weighted by Crippen LogP contribution is -2.46. The molecule has 7 heteroatoms. The fraction of sp³-hybridized carbons (Fsp3) is 0.292. The Morgan fingerprint density at radius 3 is 2.77 bits per heavy atom. The maximum absolute atomic E-state index is 13.4. The summed E-state index contributed by atoms with van der Waals surface area (Å²) in [4.78, 5) is 32.1. The number of rotatable bonds is 7. The van der Waals surface area contributed by atoms with Crippen LogP contribution in [0.25, 0.3) is 10.9 Å². The first-order chi connectivity index (χ1) is 15.2. The van der Waals surface area contributed by atoms with E-state index in [4.69, 9.17) is 9.47 Å². The van der Waals surface area contributed by atoms with Crippen molar-refractivity contribution in [2.45, 2.75) is 18.6 Å². The molecule has 1 saturated heterocycles. The molecule has 160 valence electrons. The average Bonchev–Trinajstić information content (AvgIpc) is 3.23. The van der Waals surface area contributed by atoms with Gasteiger partial charge in [0, 0.05) is 37.2 Å². The van der Waals surface area contributed by atoms with Crippen LogP contribution in [0.2, 0.25) is 0 Å². The molecule has 0 saturated carbocycles. The Labute approximate surface area is 181 Å². The van der Waals surface area contributed by atoms with Crippen molar-refractivity contribution in [3.05, 3.63) is 72.4 Å². The van der Waals surface area contributed by atoms with E-state index in [0.29, 0.717) is 31.7 Å². The van der Waals surface area contributed by atoms with Gasteiger partial charge in [-0.2, -0.15) is 0 Å². The number of pyridine rings is 1. The summed E-state index contributed by atoms with van der Waals surface area (Å²) in [6.07, 6.45) is 1.87. The van der Waals surface area contributed by atoms with Crippen molar-refractivity contribution in [1.29, 1.82) is 0 Å². The summed E-state index contributed by atoms with van der Waals surface area (Å²) in [5, 5.41) is 3.73. The van der Waals surface area contributed by atoms with E-state index >= 15 is 0 Å². The highest BCUT2D eigenvalue weighted by molar-refractivity contribution is 6.00. The highest BCUT2D eigenvalue weighted by Crippen LogP contribution is 2.26. The molecule has 31 heavy (non-hydrogen) atoms. The van der Waals surface area contributed by atoms with E-state index in [1.165, 1.54) is 0 Å². The molecule has 1 aromatic heterocycles. The van der Waals surface area contributed by atoms with Crippen LogP contribution in [0.15, 0.2) is 66.9 Å². The Bertz CT molecular complexity index is 1060. The molecular weight excluding hydrogens is 394 g/mol. The molecular formula is C24H25N3O4. The summed E-state index contributed by atoms with van der Waals surface area (Å²) < 4.78 is 11.1. The lowest BCUT2D eigenvalue weighted by Gasteiger charge is -2.23. The van der Waals surface area contributed by atoms with Crippen LogP contribution in [0.3, 0.4) is 0 Å². The van der Waals surface area contributed by atoms with Gasteiger partial charge in [0.05, 0.1) is 18.7 Å². The summed E-state index contributed by atoms with van der Waals surface area (Å²) in [5.74, 6) is 0.320. The second kappa shape index (κ2) is 9.57. The van der Waals surface area contributed by atoms with Gasteiger partial charge in [0.15, 0.2) is 0 Å². The quantitative estimate of drug-likeness (QED) is 0.596. The zero-order valence-corrected chi connectivity index (χ0v) is 17.4. The van der Waals surface area contributed by atoms with E-state index in [1.54, 1.807) is 24.3 Å². The number of fused-ring (bicyclic) bond motifs is 1. The van der Waals surface area contributed by atoms with Gasteiger partial charge in [-0.3, -0.25) is 14.6 Å². The van der Waals surface area contributed by atoms with E-state index in [1.807, 2.05) is 54.6 Å². The molecule has 2 unspecified atom stereocenters. The standard InChI is InChI=1S/C24H25N3O4/c1-30-13-12-26-23(28)22-15-20(31-19-7-3-2-4-8-19)16-27(22)24(29)18-9-10-21-17(14-18)6-5-11-25-21/h2-11,14,20,22H,12-13,15-16H2,1H3,(H,26,28). The van der Waals surface area contributed by atoms with Crippen LogP contribution in [0.1, 0.15) is 16.8 Å². The number of methoxy groups -OCH3 is 1. The van der Waals surface area contributed by atoms with Gasteiger partial charge in [0.25, 0.3) is 5.91 Å². The first kappa shape index (κ1) is 20.8. The van der Waals surface area contributed by atoms with E-state index in [0.717, 1.165) is 16.7 Å². The minimum absolute atomic E-state index is 0.197. The minimum Gasteiger partial charge on any atom is -0.488 e. The second-order valence-electron chi connectivity index (χ2n) is 7.46. The van der Waals surface area contributed by atoms with Crippen LogP contribution in [0.5, 0.6) is 5.75 Å². The molecule has 0 bridgehead atoms. The maximum Gasteiger partial charge on any atom is 0.254 e. The van der Waals surface area contributed by atoms with Crippen LogP contribution in [0, 0.1) is 0 Å². The zero-order valence-electron chi connectivity index (χ0n) is 17.4. The molecule has 2 heterocycles. The molecule has 0 aliphatic carbocycles. The van der Waals surface area contributed by atoms with E-state index in [2.05, 4.69) is 10.3 Å². The third kappa shape index (κ3) is 4.83. The van der Waals surface area contributed by atoms with Crippen LogP contribution in [-0.2, 0) is 9.53 Å². The van der Waals surface area contributed by atoms with Crippen molar-refractivity contribution in [2.24, 2.45) is 0 Å². The molecule has 2 amide bonds. The van der Waals surface area contributed by atoms with Crippen LogP contribution < -0.4 is 10.1 Å². The zero-order chi connectivity index (χ0) is 21.6. The van der Waals surface area contributed by atoms with E-state index in [9.17, 15) is 9.59 Å². The van der Waals surface area contributed by atoms with Gasteiger partial charge in [-0.1, -0.05) is 24.3 Å². The minimum atomic E-state index is -0.609. The van der Waals surface area contributed by atoms with Crippen molar-refractivity contribution < 1.29 is 19.1 Å². The predicted octanol–water partition coefficient (Wildman–Crippen LogP) is 2.66. The lowest BCUT2D eigenvalue weighted by molar-refractivity contribution is -0.125. The monoisotopic (exact) mass is 419 g/mol. The Balaban J connectivity index is 1.55. The fourth-order valence-electron chi connectivity index (χ4n) is 3.82. The largest absolute Gasteiger partial charge is 0.488 e. The number of benzene rings is 2. The third-order valence-electron chi connectivity index (χ3n) is 5.33. The normalized spacial score (nSPS) is 18.2. The molecule has 2 atom stereocenters. The number of hydrogen-bond donors (Lipinski definition) is 1. The second-order valence-corrected chi connectivity index (χ2v) is 7.46. The van der Waals surface area contributed by atoms with Gasteiger partial charge in [-0.15, -0.1) is 0 Å². The number of amides is 2. The first-order valence-electron chi connectivity index (χ1n) is 10.3. The Kier molecular flexibility index (Phi) is 6.43. The summed E-state index contributed by atoms with van der Waals surface area (Å²) in [6, 6.07) is 18.0. The van der Waals surface area contributed by atoms with Gasteiger partial charge in [0.1, 0.15) is 17.9 Å². The highest BCUT2D eigenvalue weighted by Gasteiger charge is 2.41. The number of likely N-dealkylation sites (tertiary alicyclic amines) is 1. The summed E-state index contributed by atoms with van der Waals surface area (Å²) in [5.41, 5.74) is 1.34. The SMILES string of the molecule is COCCNC(=O)C1CC(Oc2ccccc2)CN1C(=O)c1ccc2ncccc2c1. The molecule has 3 aromatic rings. The number of para-hydroxylation sites is 1. The molecule has 2 aromatic carbocycles. The fourth-order valence-corrected chi connectivity index (χ4v) is 3.82. The van der Waals surface area contributed by atoms with Crippen LogP contribution in [0.4, 0.5) is 0 Å². The maximum atomic E-state index is 13.4. The molecule has 1 N–H and O–H groups in total. The van der Waals surface area contributed by atoms with Crippen molar-refractivity contribution in [2.75, 3.05) is 26.8 Å². The molecule has 1 aliphatic heterocycles. The number of nitrogens with zero attached hydrogens (tertiary/aromatic N) is 2. The van der Waals surface area contributed by atoms with Crippen LogP contribution >= 0.6 is 0 Å². The number of hydrogen-bond acceptors (Lipinski definition) is 5. The van der Waals surface area contributed by atoms with Crippen molar-refractivity contribution >= 4 is 22.7 Å². The molecule has 7 nitrogen and oxygen atoms in total. The molecule has 4 rings (SSSR count). The highest BCUT2D eigenvalue weighted by atomic mass is 16.5.